The molecule has 0 spiro atoms. The summed E-state index contributed by atoms with van der Waals surface area (Å²) in [5.41, 5.74) is 1.28. The molecule has 0 aliphatic carbocycles. The maximum atomic E-state index is 9.18. The lowest BCUT2D eigenvalue weighted by Crippen LogP contribution is -2.22. The minimum Gasteiger partial charge on any atom is -0.392 e. The largest absolute Gasteiger partial charge is 0.392 e. The smallest absolute Gasteiger partial charge is 0.139 e. The predicted molar refractivity (Wildman–Crippen MR) is 68.2 cm³/mol. The van der Waals surface area contributed by atoms with Gasteiger partial charge in [0.25, 0.3) is 0 Å². The molecule has 0 saturated carbocycles. The minimum atomic E-state index is -1.06. The topological polar surface area (TPSA) is 67.5 Å². The zero-order valence-corrected chi connectivity index (χ0v) is 11.8. The normalized spacial score (nSPS) is 12.1. The third kappa shape index (κ3) is 4.59. The molecule has 1 heterocycles. The van der Waals surface area contributed by atoms with Crippen molar-refractivity contribution in [2.75, 3.05) is 6.61 Å². The van der Waals surface area contributed by atoms with E-state index in [0.717, 1.165) is 12.7 Å². The number of ether oxygens (including phenoxy) is 1. The maximum Gasteiger partial charge on any atom is 0.139 e. The van der Waals surface area contributed by atoms with Gasteiger partial charge in [-0.15, -0.1) is 0 Å². The third-order valence-corrected chi connectivity index (χ3v) is 4.27. The molecule has 0 saturated heterocycles. The van der Waals surface area contributed by atoms with Crippen LogP contribution in [0.3, 0.4) is 0 Å². The van der Waals surface area contributed by atoms with Crippen molar-refractivity contribution < 1.29 is 14.9 Å². The van der Waals surface area contributed by atoms with E-state index in [0.29, 0.717) is 18.0 Å². The summed E-state index contributed by atoms with van der Waals surface area (Å²) in [7, 11) is -1.06. The summed E-state index contributed by atoms with van der Waals surface area (Å²) in [6, 6.07) is 1.11. The van der Waals surface area contributed by atoms with Crippen LogP contribution in [0.1, 0.15) is 11.3 Å². The van der Waals surface area contributed by atoms with Gasteiger partial charge in [-0.25, -0.2) is 4.68 Å². The SMILES string of the molecule is C[Si](C)(C)CCOCn1ncc(CO)c1CO. The van der Waals surface area contributed by atoms with Crippen LogP contribution in [0.25, 0.3) is 0 Å². The summed E-state index contributed by atoms with van der Waals surface area (Å²) in [6.07, 6.45) is 1.56. The molecule has 0 aromatic carbocycles. The number of aliphatic hydroxyl groups excluding tert-OH is 2. The van der Waals surface area contributed by atoms with Crippen LogP contribution in [0.15, 0.2) is 6.20 Å². The van der Waals surface area contributed by atoms with Gasteiger partial charge in [0, 0.05) is 20.2 Å². The highest BCUT2D eigenvalue weighted by atomic mass is 28.3. The first-order chi connectivity index (χ1) is 7.98. The second-order valence-electron chi connectivity index (χ2n) is 5.28. The lowest BCUT2D eigenvalue weighted by Gasteiger charge is -2.15. The van der Waals surface area contributed by atoms with Crippen LogP contribution in [-0.2, 0) is 24.7 Å². The van der Waals surface area contributed by atoms with Crippen molar-refractivity contribution >= 4 is 8.07 Å². The minimum absolute atomic E-state index is 0.106. The first-order valence-electron chi connectivity index (χ1n) is 5.81. The van der Waals surface area contributed by atoms with Crippen molar-refractivity contribution in [2.45, 2.75) is 45.6 Å². The van der Waals surface area contributed by atoms with Gasteiger partial charge in [0.15, 0.2) is 0 Å². The average Bonchev–Trinajstić information content (AvgIpc) is 2.65. The zero-order chi connectivity index (χ0) is 12.9. The Balaban J connectivity index is 2.44. The molecule has 0 unspecified atom stereocenters. The molecule has 0 aliphatic rings. The van der Waals surface area contributed by atoms with Crippen molar-refractivity contribution in [2.24, 2.45) is 0 Å². The Morgan fingerprint density at radius 2 is 2.00 bits per heavy atom. The van der Waals surface area contributed by atoms with E-state index in [9.17, 15) is 5.11 Å². The van der Waals surface area contributed by atoms with Crippen LogP contribution in [0.5, 0.6) is 0 Å². The molecular weight excluding hydrogens is 236 g/mol. The highest BCUT2D eigenvalue weighted by Crippen LogP contribution is 2.10. The van der Waals surface area contributed by atoms with Gasteiger partial charge >= 0.3 is 0 Å². The summed E-state index contributed by atoms with van der Waals surface area (Å²) in [5, 5.41) is 22.3. The van der Waals surface area contributed by atoms with Crippen LogP contribution in [0, 0.1) is 0 Å². The van der Waals surface area contributed by atoms with Crippen molar-refractivity contribution in [3.05, 3.63) is 17.5 Å². The van der Waals surface area contributed by atoms with Gasteiger partial charge < -0.3 is 14.9 Å². The van der Waals surface area contributed by atoms with Crippen LogP contribution in [0.4, 0.5) is 0 Å². The maximum absolute atomic E-state index is 9.18. The predicted octanol–water partition coefficient (Wildman–Crippen LogP) is 1.18. The number of rotatable bonds is 7. The van der Waals surface area contributed by atoms with E-state index in [2.05, 4.69) is 24.7 Å². The van der Waals surface area contributed by atoms with Crippen molar-refractivity contribution in [3.8, 4) is 0 Å². The Kier molecular flexibility index (Phi) is 5.32. The Hall–Kier alpha value is -0.693. The second kappa shape index (κ2) is 6.30. The van der Waals surface area contributed by atoms with Crippen molar-refractivity contribution in [1.29, 1.82) is 0 Å². The highest BCUT2D eigenvalue weighted by molar-refractivity contribution is 6.76. The molecular formula is C11H22N2O3Si. The Morgan fingerprint density at radius 3 is 2.53 bits per heavy atom. The molecule has 17 heavy (non-hydrogen) atoms. The molecule has 0 amide bonds. The molecule has 2 N–H and O–H groups in total. The lowest BCUT2D eigenvalue weighted by atomic mass is 10.3. The Bertz CT molecular complexity index is 347. The van der Waals surface area contributed by atoms with Crippen LogP contribution in [0.2, 0.25) is 25.7 Å². The lowest BCUT2D eigenvalue weighted by molar-refractivity contribution is 0.0728. The quantitative estimate of drug-likeness (QED) is 0.569. The number of aliphatic hydroxyl groups is 2. The van der Waals surface area contributed by atoms with Gasteiger partial charge in [0.1, 0.15) is 6.73 Å². The van der Waals surface area contributed by atoms with E-state index in [1.54, 1.807) is 10.9 Å². The molecule has 6 heteroatoms. The molecule has 0 fully saturated rings. The monoisotopic (exact) mass is 258 g/mol. The molecule has 0 aliphatic heterocycles. The number of aromatic nitrogens is 2. The van der Waals surface area contributed by atoms with Gasteiger partial charge in [-0.1, -0.05) is 19.6 Å². The standard InChI is InChI=1S/C11H22N2O3Si/c1-17(2,3)5-4-16-9-13-11(8-15)10(7-14)6-12-13/h6,14-15H,4-5,7-9H2,1-3H3. The van der Waals surface area contributed by atoms with E-state index in [1.165, 1.54) is 0 Å². The van der Waals surface area contributed by atoms with Gasteiger partial charge in [-0.3, -0.25) is 0 Å². The van der Waals surface area contributed by atoms with Crippen LogP contribution in [-0.4, -0.2) is 34.7 Å². The van der Waals surface area contributed by atoms with E-state index in [-0.39, 0.29) is 13.2 Å². The second-order valence-corrected chi connectivity index (χ2v) is 10.9. The molecule has 5 nitrogen and oxygen atoms in total. The Labute approximate surface area is 103 Å². The summed E-state index contributed by atoms with van der Waals surface area (Å²) in [4.78, 5) is 0. The molecule has 98 valence electrons. The summed E-state index contributed by atoms with van der Waals surface area (Å²) in [6.45, 7) is 7.71. The number of hydrogen-bond acceptors (Lipinski definition) is 4. The van der Waals surface area contributed by atoms with E-state index in [4.69, 9.17) is 9.84 Å². The first kappa shape index (κ1) is 14.4. The molecule has 0 atom stereocenters. The van der Waals surface area contributed by atoms with Crippen molar-refractivity contribution in [1.82, 2.24) is 9.78 Å². The molecule has 1 rings (SSSR count). The highest BCUT2D eigenvalue weighted by Gasteiger charge is 2.13. The van der Waals surface area contributed by atoms with Crippen LogP contribution >= 0.6 is 0 Å². The number of nitrogens with zero attached hydrogens (tertiary/aromatic N) is 2. The van der Waals surface area contributed by atoms with Gasteiger partial charge in [-0.2, -0.15) is 5.10 Å². The fourth-order valence-electron chi connectivity index (χ4n) is 1.41. The van der Waals surface area contributed by atoms with E-state index >= 15 is 0 Å². The zero-order valence-electron chi connectivity index (χ0n) is 10.8. The molecule has 1 aromatic heterocycles. The van der Waals surface area contributed by atoms with Gasteiger partial charge in [-0.05, 0) is 6.04 Å². The van der Waals surface area contributed by atoms with Crippen LogP contribution < -0.4 is 0 Å². The molecule has 1 aromatic rings. The van der Waals surface area contributed by atoms with Crippen molar-refractivity contribution in [3.63, 3.8) is 0 Å². The van der Waals surface area contributed by atoms with Gasteiger partial charge in [0.2, 0.25) is 0 Å². The van der Waals surface area contributed by atoms with Gasteiger partial charge in [0.05, 0.1) is 25.1 Å². The molecule has 0 radical (unpaired) electrons. The molecule has 0 bridgehead atoms. The Morgan fingerprint density at radius 1 is 1.29 bits per heavy atom. The summed E-state index contributed by atoms with van der Waals surface area (Å²) in [5.74, 6) is 0. The fourth-order valence-corrected chi connectivity index (χ4v) is 2.16. The number of hydrogen-bond donors (Lipinski definition) is 2. The fraction of sp³-hybridized carbons (Fsp3) is 0.727. The third-order valence-electron chi connectivity index (χ3n) is 2.57. The van der Waals surface area contributed by atoms with E-state index < -0.39 is 8.07 Å². The average molecular weight is 258 g/mol. The van der Waals surface area contributed by atoms with E-state index in [1.807, 2.05) is 0 Å². The summed E-state index contributed by atoms with van der Waals surface area (Å²) < 4.78 is 7.13. The summed E-state index contributed by atoms with van der Waals surface area (Å²) >= 11 is 0. The first-order valence-corrected chi connectivity index (χ1v) is 9.51.